The second-order valence-electron chi connectivity index (χ2n) is 4.74. The van der Waals surface area contributed by atoms with Crippen molar-refractivity contribution in [1.29, 1.82) is 0 Å². The quantitative estimate of drug-likeness (QED) is 0.656. The fourth-order valence-electron chi connectivity index (χ4n) is 2.39. The Balaban J connectivity index is 1.99. The minimum absolute atomic E-state index is 0.872. The Morgan fingerprint density at radius 2 is 2.06 bits per heavy atom. The average molecular weight is 250 g/mol. The number of aromatic nitrogens is 2. The molecule has 1 aromatic heterocycles. The van der Waals surface area contributed by atoms with Gasteiger partial charge in [0.2, 0.25) is 0 Å². The van der Waals surface area contributed by atoms with Crippen molar-refractivity contribution in [2.45, 2.75) is 46.2 Å². The molecular weight excluding hydrogens is 228 g/mol. The van der Waals surface area contributed by atoms with Gasteiger partial charge >= 0.3 is 0 Å². The van der Waals surface area contributed by atoms with Gasteiger partial charge in [0.25, 0.3) is 0 Å². The normalized spacial score (nSPS) is 17.1. The molecule has 0 aliphatic carbocycles. The van der Waals surface area contributed by atoms with Crippen molar-refractivity contribution in [2.24, 2.45) is 5.16 Å². The largest absolute Gasteiger partial charge is 0.411 e. The molecule has 18 heavy (non-hydrogen) atoms. The summed E-state index contributed by atoms with van der Waals surface area (Å²) in [4.78, 5) is 2.40. The van der Waals surface area contributed by atoms with Gasteiger partial charge < -0.3 is 5.21 Å². The van der Waals surface area contributed by atoms with E-state index in [0.717, 1.165) is 51.2 Å². The summed E-state index contributed by atoms with van der Waals surface area (Å²) in [5.74, 6) is 0. The maximum Gasteiger partial charge on any atom is 0.0625 e. The van der Waals surface area contributed by atoms with Crippen molar-refractivity contribution in [1.82, 2.24) is 14.7 Å². The number of aryl methyl sites for hydroxylation is 2. The van der Waals surface area contributed by atoms with Crippen LogP contribution in [0, 0.1) is 0 Å². The molecule has 0 spiro atoms. The highest BCUT2D eigenvalue weighted by Gasteiger charge is 2.17. The average Bonchev–Trinajstić information content (AvgIpc) is 2.82. The molecule has 1 aliphatic heterocycles. The van der Waals surface area contributed by atoms with Gasteiger partial charge in [0.15, 0.2) is 0 Å². The Morgan fingerprint density at radius 3 is 2.61 bits per heavy atom. The summed E-state index contributed by atoms with van der Waals surface area (Å²) in [5.41, 5.74) is 3.38. The molecule has 2 rings (SSSR count). The van der Waals surface area contributed by atoms with Gasteiger partial charge in [0.1, 0.15) is 0 Å². The van der Waals surface area contributed by atoms with Crippen LogP contribution in [0.25, 0.3) is 0 Å². The Hall–Kier alpha value is -1.36. The van der Waals surface area contributed by atoms with E-state index >= 15 is 0 Å². The predicted molar refractivity (Wildman–Crippen MR) is 71.0 cm³/mol. The van der Waals surface area contributed by atoms with E-state index in [-0.39, 0.29) is 0 Å². The van der Waals surface area contributed by atoms with Gasteiger partial charge in [-0.25, -0.2) is 0 Å². The highest BCUT2D eigenvalue weighted by Crippen LogP contribution is 2.13. The van der Waals surface area contributed by atoms with Gasteiger partial charge in [-0.3, -0.25) is 9.58 Å². The van der Waals surface area contributed by atoms with Crippen LogP contribution in [-0.2, 0) is 19.5 Å². The standard InChI is InChI=1S/C13H22N4O/c1-3-11-9-13(17(4-2)14-11)10-16-7-5-12(15-18)6-8-16/h9,18H,3-8,10H2,1-2H3. The number of piperidine rings is 1. The summed E-state index contributed by atoms with van der Waals surface area (Å²) >= 11 is 0. The number of nitrogens with zero attached hydrogens (tertiary/aromatic N) is 4. The maximum atomic E-state index is 8.74. The lowest BCUT2D eigenvalue weighted by Crippen LogP contribution is -2.34. The lowest BCUT2D eigenvalue weighted by atomic mass is 10.1. The molecule has 1 N–H and O–H groups in total. The third-order valence-electron chi connectivity index (χ3n) is 3.54. The topological polar surface area (TPSA) is 53.6 Å². The summed E-state index contributed by atoms with van der Waals surface area (Å²) in [7, 11) is 0. The zero-order chi connectivity index (χ0) is 13.0. The van der Waals surface area contributed by atoms with Gasteiger partial charge in [-0.2, -0.15) is 5.10 Å². The van der Waals surface area contributed by atoms with Crippen molar-refractivity contribution >= 4 is 5.71 Å². The lowest BCUT2D eigenvalue weighted by molar-refractivity contribution is 0.249. The van der Waals surface area contributed by atoms with E-state index in [4.69, 9.17) is 5.21 Å². The predicted octanol–water partition coefficient (Wildman–Crippen LogP) is 1.89. The molecule has 0 aromatic carbocycles. The number of oxime groups is 1. The summed E-state index contributed by atoms with van der Waals surface area (Å²) in [6.07, 6.45) is 2.73. The summed E-state index contributed by atoms with van der Waals surface area (Å²) in [6, 6.07) is 2.21. The summed E-state index contributed by atoms with van der Waals surface area (Å²) in [5, 5.41) is 16.6. The molecule has 0 atom stereocenters. The number of hydrogen-bond acceptors (Lipinski definition) is 4. The smallest absolute Gasteiger partial charge is 0.0625 e. The summed E-state index contributed by atoms with van der Waals surface area (Å²) in [6.45, 7) is 8.07. The third-order valence-corrected chi connectivity index (χ3v) is 3.54. The fourth-order valence-corrected chi connectivity index (χ4v) is 2.39. The molecular formula is C13H22N4O. The zero-order valence-corrected chi connectivity index (χ0v) is 11.3. The molecule has 0 saturated carbocycles. The van der Waals surface area contributed by atoms with E-state index in [9.17, 15) is 0 Å². The lowest BCUT2D eigenvalue weighted by Gasteiger charge is -2.26. The highest BCUT2D eigenvalue weighted by atomic mass is 16.4. The first-order valence-corrected chi connectivity index (χ1v) is 6.74. The second-order valence-corrected chi connectivity index (χ2v) is 4.74. The van der Waals surface area contributed by atoms with E-state index in [0.29, 0.717) is 0 Å². The van der Waals surface area contributed by atoms with Crippen molar-refractivity contribution in [3.05, 3.63) is 17.5 Å². The Labute approximate surface area is 108 Å². The minimum atomic E-state index is 0.872. The zero-order valence-electron chi connectivity index (χ0n) is 11.3. The van der Waals surface area contributed by atoms with Crippen LogP contribution >= 0.6 is 0 Å². The van der Waals surface area contributed by atoms with Crippen LogP contribution in [0.15, 0.2) is 11.2 Å². The van der Waals surface area contributed by atoms with E-state index in [1.165, 1.54) is 11.4 Å². The molecule has 1 aliphatic rings. The van der Waals surface area contributed by atoms with Crippen LogP contribution in [-0.4, -0.2) is 38.7 Å². The SMILES string of the molecule is CCc1cc(CN2CCC(=NO)CC2)n(CC)n1. The van der Waals surface area contributed by atoms with Gasteiger partial charge in [0, 0.05) is 39.0 Å². The Kier molecular flexibility index (Phi) is 4.36. The summed E-state index contributed by atoms with van der Waals surface area (Å²) < 4.78 is 2.09. The minimum Gasteiger partial charge on any atom is -0.411 e. The third kappa shape index (κ3) is 2.90. The van der Waals surface area contributed by atoms with Crippen molar-refractivity contribution < 1.29 is 5.21 Å². The number of likely N-dealkylation sites (tertiary alicyclic amines) is 1. The molecule has 0 radical (unpaired) electrons. The molecule has 1 fully saturated rings. The molecule has 0 bridgehead atoms. The van der Waals surface area contributed by atoms with E-state index in [1.807, 2.05) is 0 Å². The van der Waals surface area contributed by atoms with E-state index in [2.05, 4.69) is 39.7 Å². The van der Waals surface area contributed by atoms with Crippen molar-refractivity contribution in [3.63, 3.8) is 0 Å². The van der Waals surface area contributed by atoms with E-state index in [1.54, 1.807) is 0 Å². The van der Waals surface area contributed by atoms with E-state index < -0.39 is 0 Å². The first kappa shape index (κ1) is 13.1. The molecule has 5 heteroatoms. The monoisotopic (exact) mass is 250 g/mol. The second kappa shape index (κ2) is 6.00. The molecule has 0 unspecified atom stereocenters. The molecule has 1 saturated heterocycles. The number of hydrogen-bond donors (Lipinski definition) is 1. The van der Waals surface area contributed by atoms with Gasteiger partial charge in [-0.05, 0) is 19.4 Å². The molecule has 1 aromatic rings. The van der Waals surface area contributed by atoms with Crippen molar-refractivity contribution in [3.8, 4) is 0 Å². The molecule has 5 nitrogen and oxygen atoms in total. The molecule has 0 amide bonds. The van der Waals surface area contributed by atoms with Crippen LogP contribution in [0.2, 0.25) is 0 Å². The van der Waals surface area contributed by atoms with Crippen LogP contribution in [0.4, 0.5) is 0 Å². The Bertz CT molecular complexity index is 415. The highest BCUT2D eigenvalue weighted by molar-refractivity contribution is 5.84. The van der Waals surface area contributed by atoms with Crippen LogP contribution in [0.5, 0.6) is 0 Å². The van der Waals surface area contributed by atoms with Gasteiger partial charge in [-0.15, -0.1) is 0 Å². The Morgan fingerprint density at radius 1 is 1.33 bits per heavy atom. The molecule has 100 valence electrons. The first-order chi connectivity index (χ1) is 8.76. The maximum absolute atomic E-state index is 8.74. The van der Waals surface area contributed by atoms with Gasteiger partial charge in [0.05, 0.1) is 17.1 Å². The fraction of sp³-hybridized carbons (Fsp3) is 0.692. The number of rotatable bonds is 4. The first-order valence-electron chi connectivity index (χ1n) is 6.74. The molecule has 2 heterocycles. The van der Waals surface area contributed by atoms with Crippen LogP contribution in [0.3, 0.4) is 0 Å². The van der Waals surface area contributed by atoms with Crippen molar-refractivity contribution in [2.75, 3.05) is 13.1 Å². The van der Waals surface area contributed by atoms with Gasteiger partial charge in [-0.1, -0.05) is 12.1 Å². The van der Waals surface area contributed by atoms with Crippen LogP contribution in [0.1, 0.15) is 38.1 Å². The van der Waals surface area contributed by atoms with Crippen LogP contribution < -0.4 is 0 Å².